The molecule has 8 nitrogen and oxygen atoms in total. The van der Waals surface area contributed by atoms with Crippen molar-refractivity contribution >= 4 is 60.6 Å². The Morgan fingerprint density at radius 2 is 2.03 bits per heavy atom. The monoisotopic (exact) mass is 500 g/mol. The Kier molecular flexibility index (Phi) is 7.79. The second-order valence-electron chi connectivity index (χ2n) is 7.70. The molecule has 1 aromatic heterocycles. The molecule has 1 saturated heterocycles. The first-order valence-corrected chi connectivity index (χ1v) is 13.3. The number of amides is 2. The molecule has 32 heavy (non-hydrogen) atoms. The number of sulfone groups is 1. The minimum Gasteiger partial charge on any atom is -0.454 e. The van der Waals surface area contributed by atoms with E-state index in [4.69, 9.17) is 16.3 Å². The van der Waals surface area contributed by atoms with Gasteiger partial charge in [-0.3, -0.25) is 14.4 Å². The molecule has 1 aliphatic rings. The number of benzene rings is 1. The molecule has 174 valence electrons. The molecule has 0 spiro atoms. The maximum atomic E-state index is 12.7. The van der Waals surface area contributed by atoms with E-state index in [0.29, 0.717) is 22.7 Å². The van der Waals surface area contributed by atoms with Gasteiger partial charge in [0.2, 0.25) is 0 Å². The van der Waals surface area contributed by atoms with Gasteiger partial charge >= 0.3 is 5.97 Å². The molecular formula is C21H25ClN2O6S2. The van der Waals surface area contributed by atoms with Crippen molar-refractivity contribution in [1.82, 2.24) is 10.2 Å². The van der Waals surface area contributed by atoms with Crippen LogP contribution in [-0.2, 0) is 24.2 Å². The molecule has 0 radical (unpaired) electrons. The molecule has 1 N–H and O–H groups in total. The van der Waals surface area contributed by atoms with Crippen LogP contribution in [-0.4, -0.2) is 67.8 Å². The van der Waals surface area contributed by atoms with E-state index in [1.54, 1.807) is 0 Å². The lowest BCUT2D eigenvalue weighted by Gasteiger charge is -2.33. The highest BCUT2D eigenvalue weighted by Crippen LogP contribution is 2.34. The van der Waals surface area contributed by atoms with Crippen LogP contribution in [0.3, 0.4) is 0 Å². The molecule has 11 heteroatoms. The topological polar surface area (TPSA) is 110 Å². The van der Waals surface area contributed by atoms with Crippen molar-refractivity contribution in [3.63, 3.8) is 0 Å². The van der Waals surface area contributed by atoms with Crippen molar-refractivity contribution in [1.29, 1.82) is 0 Å². The summed E-state index contributed by atoms with van der Waals surface area (Å²) in [6.45, 7) is 2.80. The Bertz CT molecular complexity index is 1130. The van der Waals surface area contributed by atoms with Gasteiger partial charge in [-0.2, -0.15) is 0 Å². The second-order valence-corrected chi connectivity index (χ2v) is 11.4. The van der Waals surface area contributed by atoms with Gasteiger partial charge in [-0.25, -0.2) is 8.42 Å². The minimum absolute atomic E-state index is 0.0456. The number of carbonyl (C=O) groups is 3. The molecular weight excluding hydrogens is 476 g/mol. The molecule has 0 aliphatic carbocycles. The molecule has 1 fully saturated rings. The van der Waals surface area contributed by atoms with Gasteiger partial charge < -0.3 is 15.0 Å². The van der Waals surface area contributed by atoms with Gasteiger partial charge in [-0.15, -0.1) is 11.3 Å². The molecule has 3 rings (SSSR count). The van der Waals surface area contributed by atoms with Crippen LogP contribution in [0.1, 0.15) is 36.4 Å². The normalized spacial score (nSPS) is 18.3. The molecule has 2 atom stereocenters. The second kappa shape index (κ2) is 10.2. The SMILES string of the molecule is CC[C@@H](C)N(C(=O)COC(=O)CNC(=O)c1sc2ccccc2c1Cl)[C@@H]1CCS(=O)(=O)C1. The van der Waals surface area contributed by atoms with E-state index in [0.717, 1.165) is 10.1 Å². The van der Waals surface area contributed by atoms with E-state index in [9.17, 15) is 22.8 Å². The zero-order chi connectivity index (χ0) is 23.5. The van der Waals surface area contributed by atoms with Crippen LogP contribution in [0.15, 0.2) is 24.3 Å². The lowest BCUT2D eigenvalue weighted by Crippen LogP contribution is -2.48. The Balaban J connectivity index is 1.54. The van der Waals surface area contributed by atoms with Gasteiger partial charge in [-0.1, -0.05) is 36.7 Å². The van der Waals surface area contributed by atoms with Gasteiger partial charge in [0.05, 0.1) is 16.5 Å². The summed E-state index contributed by atoms with van der Waals surface area (Å²) in [5.74, 6) is -1.76. The Morgan fingerprint density at radius 3 is 2.66 bits per heavy atom. The van der Waals surface area contributed by atoms with E-state index in [1.165, 1.54) is 16.2 Å². The molecule has 2 amide bonds. The van der Waals surface area contributed by atoms with Gasteiger partial charge in [-0.05, 0) is 25.8 Å². The summed E-state index contributed by atoms with van der Waals surface area (Å²) in [5, 5.41) is 3.54. The highest BCUT2D eigenvalue weighted by molar-refractivity contribution is 7.91. The number of fused-ring (bicyclic) bond motifs is 1. The van der Waals surface area contributed by atoms with Crippen LogP contribution in [0.25, 0.3) is 10.1 Å². The zero-order valence-corrected chi connectivity index (χ0v) is 20.2. The van der Waals surface area contributed by atoms with Crippen molar-refractivity contribution in [3.8, 4) is 0 Å². The fraction of sp³-hybridized carbons (Fsp3) is 0.476. The third-order valence-electron chi connectivity index (χ3n) is 5.45. The molecule has 1 aromatic carbocycles. The molecule has 2 aromatic rings. The van der Waals surface area contributed by atoms with Gasteiger partial charge in [0.15, 0.2) is 16.4 Å². The summed E-state index contributed by atoms with van der Waals surface area (Å²) in [4.78, 5) is 39.0. The minimum atomic E-state index is -3.16. The van der Waals surface area contributed by atoms with E-state index in [-0.39, 0.29) is 17.5 Å². The van der Waals surface area contributed by atoms with Crippen LogP contribution >= 0.6 is 22.9 Å². The number of thiophene rings is 1. The van der Waals surface area contributed by atoms with Crippen LogP contribution in [0.2, 0.25) is 5.02 Å². The maximum absolute atomic E-state index is 12.7. The lowest BCUT2D eigenvalue weighted by atomic mass is 10.1. The van der Waals surface area contributed by atoms with Crippen molar-refractivity contribution in [3.05, 3.63) is 34.2 Å². The number of hydrogen-bond donors (Lipinski definition) is 1. The third kappa shape index (κ3) is 5.60. The largest absolute Gasteiger partial charge is 0.454 e. The fourth-order valence-corrected chi connectivity index (χ4v) is 6.81. The molecule has 2 heterocycles. The Hall–Kier alpha value is -2.17. The number of carbonyl (C=O) groups excluding carboxylic acids is 3. The number of esters is 1. The highest BCUT2D eigenvalue weighted by atomic mass is 35.5. The Morgan fingerprint density at radius 1 is 1.31 bits per heavy atom. The highest BCUT2D eigenvalue weighted by Gasteiger charge is 2.36. The summed E-state index contributed by atoms with van der Waals surface area (Å²) in [7, 11) is -3.16. The van der Waals surface area contributed by atoms with Gasteiger partial charge in [0.25, 0.3) is 11.8 Å². The van der Waals surface area contributed by atoms with Crippen LogP contribution in [0, 0.1) is 0 Å². The van der Waals surface area contributed by atoms with E-state index in [1.807, 2.05) is 38.1 Å². The van der Waals surface area contributed by atoms with E-state index < -0.39 is 46.8 Å². The van der Waals surface area contributed by atoms with E-state index >= 15 is 0 Å². The summed E-state index contributed by atoms with van der Waals surface area (Å²) in [5.41, 5.74) is 0. The summed E-state index contributed by atoms with van der Waals surface area (Å²) >= 11 is 7.49. The summed E-state index contributed by atoms with van der Waals surface area (Å²) in [6, 6.07) is 6.71. The zero-order valence-electron chi connectivity index (χ0n) is 17.8. The average Bonchev–Trinajstić information content (AvgIpc) is 3.29. The third-order valence-corrected chi connectivity index (χ3v) is 8.87. The predicted molar refractivity (Wildman–Crippen MR) is 124 cm³/mol. The first-order chi connectivity index (χ1) is 15.1. The summed E-state index contributed by atoms with van der Waals surface area (Å²) in [6.07, 6.45) is 1.01. The quantitative estimate of drug-likeness (QED) is 0.558. The van der Waals surface area contributed by atoms with Crippen molar-refractivity contribution < 1.29 is 27.5 Å². The first-order valence-electron chi connectivity index (χ1n) is 10.3. The number of nitrogens with zero attached hydrogens (tertiary/aromatic N) is 1. The Labute approximate surface area is 195 Å². The number of halogens is 1. The number of nitrogens with one attached hydrogen (secondary N) is 1. The summed E-state index contributed by atoms with van der Waals surface area (Å²) < 4.78 is 29.5. The maximum Gasteiger partial charge on any atom is 0.325 e. The van der Waals surface area contributed by atoms with Crippen molar-refractivity contribution in [2.75, 3.05) is 24.7 Å². The van der Waals surface area contributed by atoms with Gasteiger partial charge in [0.1, 0.15) is 11.4 Å². The first kappa shape index (κ1) is 24.5. The van der Waals surface area contributed by atoms with Crippen LogP contribution in [0.4, 0.5) is 0 Å². The average molecular weight is 501 g/mol. The van der Waals surface area contributed by atoms with E-state index in [2.05, 4.69) is 5.32 Å². The lowest BCUT2D eigenvalue weighted by molar-refractivity contribution is -0.153. The number of hydrogen-bond acceptors (Lipinski definition) is 7. The predicted octanol–water partition coefficient (Wildman–Crippen LogP) is 2.64. The fourth-order valence-electron chi connectivity index (χ4n) is 3.66. The van der Waals surface area contributed by atoms with Crippen LogP contribution in [0.5, 0.6) is 0 Å². The van der Waals surface area contributed by atoms with Crippen molar-refractivity contribution in [2.45, 2.75) is 38.8 Å². The standard InChI is InChI=1S/C21H25ClN2O6S2/c1-3-13(2)24(14-8-9-32(28,29)12-14)17(25)11-30-18(26)10-23-21(27)20-19(22)15-6-4-5-7-16(15)31-20/h4-7,13-14H,3,8-12H2,1-2H3,(H,23,27)/t13-,14-/m1/s1. The smallest absolute Gasteiger partial charge is 0.325 e. The molecule has 0 saturated carbocycles. The number of rotatable bonds is 8. The van der Waals surface area contributed by atoms with Crippen LogP contribution < -0.4 is 5.32 Å². The van der Waals surface area contributed by atoms with Gasteiger partial charge in [0, 0.05) is 22.2 Å². The molecule has 0 unspecified atom stereocenters. The molecule has 0 bridgehead atoms. The van der Waals surface area contributed by atoms with Crippen molar-refractivity contribution in [2.24, 2.45) is 0 Å². The number of ether oxygens (including phenoxy) is 1. The molecule has 1 aliphatic heterocycles.